The van der Waals surface area contributed by atoms with Gasteiger partial charge in [-0.3, -0.25) is 0 Å². The van der Waals surface area contributed by atoms with E-state index >= 15 is 0 Å². The summed E-state index contributed by atoms with van der Waals surface area (Å²) in [4.78, 5) is 1.54. The van der Waals surface area contributed by atoms with Gasteiger partial charge in [0.15, 0.2) is 0 Å². The molecular formula is C13H31NOP+. The average molecular weight is 248 g/mol. The predicted molar refractivity (Wildman–Crippen MR) is 73.9 cm³/mol. The van der Waals surface area contributed by atoms with Gasteiger partial charge in [0.25, 0.3) is 0 Å². The maximum atomic E-state index is 12.5. The molecule has 2 nitrogen and oxygen atoms in total. The highest BCUT2D eigenvalue weighted by Crippen LogP contribution is 2.41. The third-order valence-electron chi connectivity index (χ3n) is 3.06. The van der Waals surface area contributed by atoms with E-state index in [1.807, 2.05) is 0 Å². The molecule has 16 heavy (non-hydrogen) atoms. The summed E-state index contributed by atoms with van der Waals surface area (Å²) >= 11 is 0. The zero-order valence-electron chi connectivity index (χ0n) is 12.0. The van der Waals surface area contributed by atoms with Crippen molar-refractivity contribution in [2.75, 3.05) is 31.7 Å². The lowest BCUT2D eigenvalue weighted by Gasteiger charge is -2.26. The molecule has 98 valence electrons. The Bertz CT molecular complexity index is 208. The van der Waals surface area contributed by atoms with Gasteiger partial charge in [0.2, 0.25) is 0 Å². The minimum Gasteiger partial charge on any atom is -0.329 e. The molecule has 0 fully saturated rings. The molecule has 0 aromatic rings. The van der Waals surface area contributed by atoms with Crippen LogP contribution in [-0.2, 0) is 4.57 Å². The third-order valence-corrected chi connectivity index (χ3v) is 6.39. The summed E-state index contributed by atoms with van der Waals surface area (Å²) in [6.07, 6.45) is 2.63. The highest BCUT2D eigenvalue weighted by molar-refractivity contribution is 7.63. The molecule has 0 spiro atoms. The summed E-state index contributed by atoms with van der Waals surface area (Å²) < 4.78 is 12.5. The van der Waals surface area contributed by atoms with E-state index in [1.165, 1.54) is 4.90 Å². The zero-order chi connectivity index (χ0) is 12.8. The molecule has 3 heteroatoms. The number of nitrogens with one attached hydrogen (secondary N) is 1. The van der Waals surface area contributed by atoms with E-state index < -0.39 is 7.14 Å². The van der Waals surface area contributed by atoms with Crippen molar-refractivity contribution in [3.8, 4) is 0 Å². The Morgan fingerprint density at radius 2 is 1.31 bits per heavy atom. The number of rotatable bonds is 8. The quantitative estimate of drug-likeness (QED) is 0.655. The molecule has 0 unspecified atom stereocenters. The Morgan fingerprint density at radius 3 is 1.56 bits per heavy atom. The van der Waals surface area contributed by atoms with Crippen molar-refractivity contribution in [1.29, 1.82) is 0 Å². The number of hydrogen-bond acceptors (Lipinski definition) is 1. The third kappa shape index (κ3) is 6.70. The lowest BCUT2D eigenvalue weighted by molar-refractivity contribution is -0.894. The van der Waals surface area contributed by atoms with Crippen LogP contribution in [0.5, 0.6) is 0 Å². The molecule has 0 radical (unpaired) electrons. The van der Waals surface area contributed by atoms with Crippen molar-refractivity contribution >= 4 is 7.14 Å². The maximum absolute atomic E-state index is 12.5. The topological polar surface area (TPSA) is 21.5 Å². The average Bonchev–Trinajstić information content (AvgIpc) is 2.15. The highest BCUT2D eigenvalue weighted by Gasteiger charge is 2.25. The van der Waals surface area contributed by atoms with Crippen LogP contribution in [0.2, 0.25) is 0 Å². The summed E-state index contributed by atoms with van der Waals surface area (Å²) in [6, 6.07) is 0. The van der Waals surface area contributed by atoms with Crippen molar-refractivity contribution < 1.29 is 9.46 Å². The number of hydrogen-bond donors (Lipinski definition) is 1. The first-order chi connectivity index (χ1) is 7.33. The molecule has 0 atom stereocenters. The first kappa shape index (κ1) is 16.2. The molecule has 0 aliphatic rings. The Kier molecular flexibility index (Phi) is 7.59. The second kappa shape index (κ2) is 7.50. The van der Waals surface area contributed by atoms with E-state index in [2.05, 4.69) is 41.5 Å². The van der Waals surface area contributed by atoms with Crippen LogP contribution in [0.15, 0.2) is 0 Å². The summed E-state index contributed by atoms with van der Waals surface area (Å²) in [5, 5.41) is 0. The largest absolute Gasteiger partial charge is 0.329 e. The van der Waals surface area contributed by atoms with Crippen LogP contribution >= 0.6 is 7.14 Å². The van der Waals surface area contributed by atoms with Crippen LogP contribution in [0.4, 0.5) is 0 Å². The van der Waals surface area contributed by atoms with Crippen molar-refractivity contribution in [2.45, 2.75) is 41.5 Å². The van der Waals surface area contributed by atoms with Crippen molar-refractivity contribution in [3.63, 3.8) is 0 Å². The molecule has 0 aromatic heterocycles. The SMILES string of the molecule is CCP(=O)(CC)C[NH+](CC(C)C)CC(C)C. The first-order valence-electron chi connectivity index (χ1n) is 6.73. The second-order valence-electron chi connectivity index (χ2n) is 5.79. The molecule has 0 aromatic carbocycles. The van der Waals surface area contributed by atoms with Gasteiger partial charge in [-0.25, -0.2) is 0 Å². The molecular weight excluding hydrogens is 217 g/mol. The fourth-order valence-electron chi connectivity index (χ4n) is 2.22. The fraction of sp³-hybridized carbons (Fsp3) is 1.00. The highest BCUT2D eigenvalue weighted by atomic mass is 31.2. The lowest BCUT2D eigenvalue weighted by atomic mass is 10.1. The maximum Gasteiger partial charge on any atom is 0.139 e. The van der Waals surface area contributed by atoms with Crippen LogP contribution < -0.4 is 4.90 Å². The van der Waals surface area contributed by atoms with Crippen molar-refractivity contribution in [3.05, 3.63) is 0 Å². The Morgan fingerprint density at radius 1 is 0.938 bits per heavy atom. The van der Waals surface area contributed by atoms with E-state index in [0.717, 1.165) is 31.7 Å². The molecule has 0 saturated heterocycles. The summed E-state index contributed by atoms with van der Waals surface area (Å²) in [6.45, 7) is 15.5. The smallest absolute Gasteiger partial charge is 0.139 e. The minimum atomic E-state index is -1.89. The fourth-order valence-corrected chi connectivity index (χ4v) is 4.19. The van der Waals surface area contributed by atoms with Gasteiger partial charge in [-0.05, 0) is 0 Å². The van der Waals surface area contributed by atoms with Crippen molar-refractivity contribution in [2.24, 2.45) is 11.8 Å². The van der Waals surface area contributed by atoms with E-state index in [1.54, 1.807) is 0 Å². The Hall–Kier alpha value is 0.190. The van der Waals surface area contributed by atoms with Gasteiger partial charge in [-0.1, -0.05) is 41.5 Å². The monoisotopic (exact) mass is 248 g/mol. The van der Waals surface area contributed by atoms with E-state index in [4.69, 9.17) is 0 Å². The van der Waals surface area contributed by atoms with E-state index in [9.17, 15) is 4.57 Å². The van der Waals surface area contributed by atoms with Crippen LogP contribution in [0.3, 0.4) is 0 Å². The zero-order valence-corrected chi connectivity index (χ0v) is 12.9. The molecule has 0 bridgehead atoms. The Balaban J connectivity index is 4.45. The summed E-state index contributed by atoms with van der Waals surface area (Å²) in [5.74, 6) is 1.38. The molecule has 0 rings (SSSR count). The van der Waals surface area contributed by atoms with Crippen LogP contribution in [0, 0.1) is 11.8 Å². The van der Waals surface area contributed by atoms with Gasteiger partial charge in [-0.15, -0.1) is 0 Å². The molecule has 1 N–H and O–H groups in total. The predicted octanol–water partition coefficient (Wildman–Crippen LogP) is 2.54. The normalized spacial score (nSPS) is 13.1. The lowest BCUT2D eigenvalue weighted by Crippen LogP contribution is -3.13. The van der Waals surface area contributed by atoms with Crippen LogP contribution in [0.25, 0.3) is 0 Å². The standard InChI is InChI=1S/C13H30NOP/c1-7-16(15,8-2)11-14(9-12(3)4)10-13(5)6/h12-13H,7-11H2,1-6H3/p+1. The van der Waals surface area contributed by atoms with Crippen molar-refractivity contribution in [1.82, 2.24) is 0 Å². The van der Waals surface area contributed by atoms with Crippen LogP contribution in [0.1, 0.15) is 41.5 Å². The molecule has 0 saturated carbocycles. The minimum absolute atomic E-state index is 0.691. The summed E-state index contributed by atoms with van der Waals surface area (Å²) in [5.41, 5.74) is 0. The second-order valence-corrected chi connectivity index (χ2v) is 9.49. The molecule has 0 amide bonds. The first-order valence-corrected chi connectivity index (χ1v) is 8.99. The van der Waals surface area contributed by atoms with Gasteiger partial charge >= 0.3 is 0 Å². The molecule has 0 aliphatic carbocycles. The molecule has 0 heterocycles. The Labute approximate surface area is 102 Å². The number of quaternary nitrogens is 1. The van der Waals surface area contributed by atoms with Crippen LogP contribution in [-0.4, -0.2) is 31.7 Å². The van der Waals surface area contributed by atoms with Gasteiger partial charge in [0.05, 0.1) is 13.1 Å². The van der Waals surface area contributed by atoms with Gasteiger partial charge in [-0.2, -0.15) is 0 Å². The summed E-state index contributed by atoms with van der Waals surface area (Å²) in [7, 11) is -1.89. The van der Waals surface area contributed by atoms with Gasteiger partial charge in [0, 0.05) is 24.2 Å². The van der Waals surface area contributed by atoms with Gasteiger partial charge in [0.1, 0.15) is 13.4 Å². The molecule has 0 aliphatic heterocycles. The van der Waals surface area contributed by atoms with Gasteiger partial charge < -0.3 is 9.46 Å². The van der Waals surface area contributed by atoms with E-state index in [0.29, 0.717) is 11.8 Å². The van der Waals surface area contributed by atoms with E-state index in [-0.39, 0.29) is 0 Å².